The van der Waals surface area contributed by atoms with Crippen LogP contribution in [0.5, 0.6) is 0 Å². The van der Waals surface area contributed by atoms with E-state index in [4.69, 9.17) is 17.4 Å². The minimum atomic E-state index is -0.507. The van der Waals surface area contributed by atoms with Crippen molar-refractivity contribution in [2.75, 3.05) is 16.9 Å². The largest absolute Gasteiger partial charge is 0.335 e. The number of amides is 1. The summed E-state index contributed by atoms with van der Waals surface area (Å²) in [6, 6.07) is 12.6. The number of nitrogens with one attached hydrogen (secondary N) is 1. The topological polar surface area (TPSA) is 129 Å². The standard InChI is InChI=1S/C16H13ClN6O3S/c17-11-3-1-2-10(8-11)15-20-21-16(22(15)18)27-9-14(24)19-12-4-6-13(7-5-12)23(25)26/h1-8H,9,18H2,(H,19,24). The molecule has 1 amide bonds. The van der Waals surface area contributed by atoms with E-state index < -0.39 is 4.92 Å². The number of non-ortho nitro benzene ring substituents is 1. The van der Waals surface area contributed by atoms with Crippen LogP contribution in [0.4, 0.5) is 11.4 Å². The molecular formula is C16H13ClN6O3S. The number of hydrogen-bond donors (Lipinski definition) is 2. The van der Waals surface area contributed by atoms with E-state index in [1.165, 1.54) is 28.9 Å². The molecule has 138 valence electrons. The molecule has 0 saturated heterocycles. The second kappa shape index (κ2) is 8.06. The summed E-state index contributed by atoms with van der Waals surface area (Å²) < 4.78 is 1.29. The number of thioether (sulfide) groups is 1. The summed E-state index contributed by atoms with van der Waals surface area (Å²) in [5.41, 5.74) is 1.12. The zero-order valence-electron chi connectivity index (χ0n) is 13.7. The van der Waals surface area contributed by atoms with Gasteiger partial charge in [0.2, 0.25) is 11.1 Å². The number of aromatic nitrogens is 3. The van der Waals surface area contributed by atoms with Crippen LogP contribution in [0.3, 0.4) is 0 Å². The number of nitrogen functional groups attached to an aromatic ring is 1. The Morgan fingerprint density at radius 1 is 1.26 bits per heavy atom. The smallest absolute Gasteiger partial charge is 0.269 e. The van der Waals surface area contributed by atoms with Gasteiger partial charge in [-0.3, -0.25) is 14.9 Å². The van der Waals surface area contributed by atoms with Crippen molar-refractivity contribution in [2.45, 2.75) is 5.16 Å². The molecule has 0 aliphatic carbocycles. The number of rotatable bonds is 6. The van der Waals surface area contributed by atoms with Crippen LogP contribution in [0.25, 0.3) is 11.4 Å². The van der Waals surface area contributed by atoms with Crippen LogP contribution in [0.2, 0.25) is 5.02 Å². The first kappa shape index (κ1) is 18.7. The third kappa shape index (κ3) is 4.54. The molecule has 0 fully saturated rings. The van der Waals surface area contributed by atoms with Crippen LogP contribution in [0.15, 0.2) is 53.7 Å². The van der Waals surface area contributed by atoms with Gasteiger partial charge in [0.1, 0.15) is 0 Å². The number of carbonyl (C=O) groups is 1. The van der Waals surface area contributed by atoms with Crippen molar-refractivity contribution in [1.29, 1.82) is 0 Å². The number of nitro benzene ring substituents is 1. The molecule has 0 unspecified atom stereocenters. The van der Waals surface area contributed by atoms with Crippen LogP contribution < -0.4 is 11.2 Å². The summed E-state index contributed by atoms with van der Waals surface area (Å²) in [4.78, 5) is 22.2. The van der Waals surface area contributed by atoms with Crippen LogP contribution in [-0.4, -0.2) is 31.5 Å². The third-order valence-corrected chi connectivity index (χ3v) is 4.62. The van der Waals surface area contributed by atoms with Crippen molar-refractivity contribution < 1.29 is 9.72 Å². The highest BCUT2D eigenvalue weighted by Crippen LogP contribution is 2.24. The number of hydrogen-bond acceptors (Lipinski definition) is 7. The van der Waals surface area contributed by atoms with Gasteiger partial charge in [0.15, 0.2) is 5.82 Å². The fourth-order valence-electron chi connectivity index (χ4n) is 2.19. The second-order valence-electron chi connectivity index (χ2n) is 5.33. The lowest BCUT2D eigenvalue weighted by Gasteiger charge is -2.05. The number of halogens is 1. The lowest BCUT2D eigenvalue weighted by atomic mass is 10.2. The number of benzene rings is 2. The maximum absolute atomic E-state index is 12.1. The molecule has 1 heterocycles. The molecule has 0 aliphatic rings. The zero-order valence-corrected chi connectivity index (χ0v) is 15.3. The molecule has 3 N–H and O–H groups in total. The number of nitro groups is 1. The Morgan fingerprint density at radius 2 is 2.00 bits per heavy atom. The maximum Gasteiger partial charge on any atom is 0.269 e. The first-order valence-corrected chi connectivity index (χ1v) is 8.94. The van der Waals surface area contributed by atoms with Crippen LogP contribution >= 0.6 is 23.4 Å². The van der Waals surface area contributed by atoms with E-state index in [-0.39, 0.29) is 17.3 Å². The molecule has 1 aromatic heterocycles. The van der Waals surface area contributed by atoms with Gasteiger partial charge in [0.05, 0.1) is 10.7 Å². The van der Waals surface area contributed by atoms with Crippen molar-refractivity contribution >= 4 is 40.6 Å². The number of carbonyl (C=O) groups excluding carboxylic acids is 1. The van der Waals surface area contributed by atoms with Crippen LogP contribution in [-0.2, 0) is 4.79 Å². The van der Waals surface area contributed by atoms with Gasteiger partial charge in [-0.1, -0.05) is 35.5 Å². The fraction of sp³-hybridized carbons (Fsp3) is 0.0625. The van der Waals surface area contributed by atoms with E-state index in [1.54, 1.807) is 24.3 Å². The van der Waals surface area contributed by atoms with Gasteiger partial charge >= 0.3 is 0 Å². The summed E-state index contributed by atoms with van der Waals surface area (Å²) in [6.07, 6.45) is 0. The molecule has 3 aromatic rings. The van der Waals surface area contributed by atoms with Crippen LogP contribution in [0.1, 0.15) is 0 Å². The molecule has 2 aromatic carbocycles. The summed E-state index contributed by atoms with van der Waals surface area (Å²) >= 11 is 7.08. The van der Waals surface area contributed by atoms with Gasteiger partial charge in [-0.25, -0.2) is 4.68 Å². The highest BCUT2D eigenvalue weighted by atomic mass is 35.5. The Hall–Kier alpha value is -3.11. The van der Waals surface area contributed by atoms with Crippen molar-refractivity contribution in [3.8, 4) is 11.4 Å². The average molecular weight is 405 g/mol. The lowest BCUT2D eigenvalue weighted by molar-refractivity contribution is -0.384. The predicted molar refractivity (Wildman–Crippen MR) is 103 cm³/mol. The van der Waals surface area contributed by atoms with Gasteiger partial charge in [0.25, 0.3) is 5.69 Å². The first-order valence-electron chi connectivity index (χ1n) is 7.57. The van der Waals surface area contributed by atoms with E-state index in [0.717, 1.165) is 11.8 Å². The fourth-order valence-corrected chi connectivity index (χ4v) is 3.04. The van der Waals surface area contributed by atoms with Gasteiger partial charge in [-0.15, -0.1) is 10.2 Å². The summed E-state index contributed by atoms with van der Waals surface area (Å²) in [7, 11) is 0. The summed E-state index contributed by atoms with van der Waals surface area (Å²) in [6.45, 7) is 0. The molecule has 0 spiro atoms. The van der Waals surface area contributed by atoms with E-state index in [9.17, 15) is 14.9 Å². The Kier molecular flexibility index (Phi) is 5.57. The highest BCUT2D eigenvalue weighted by molar-refractivity contribution is 7.99. The first-order chi connectivity index (χ1) is 12.9. The van der Waals surface area contributed by atoms with Crippen molar-refractivity contribution in [1.82, 2.24) is 14.9 Å². The minimum absolute atomic E-state index is 0.0435. The molecule has 9 nitrogen and oxygen atoms in total. The molecule has 0 bridgehead atoms. The molecule has 0 aliphatic heterocycles. The predicted octanol–water partition coefficient (Wildman–Crippen LogP) is 2.95. The quantitative estimate of drug-likeness (QED) is 0.279. The second-order valence-corrected chi connectivity index (χ2v) is 6.71. The number of nitrogens with zero attached hydrogens (tertiary/aromatic N) is 4. The molecular weight excluding hydrogens is 392 g/mol. The van der Waals surface area contributed by atoms with E-state index >= 15 is 0 Å². The van der Waals surface area contributed by atoms with Gasteiger partial charge in [-0.2, -0.15) is 0 Å². The van der Waals surface area contributed by atoms with E-state index in [2.05, 4.69) is 15.5 Å². The average Bonchev–Trinajstić information content (AvgIpc) is 3.01. The Morgan fingerprint density at radius 3 is 2.67 bits per heavy atom. The Labute approximate surface area is 162 Å². The van der Waals surface area contributed by atoms with Gasteiger partial charge in [0, 0.05) is 28.4 Å². The van der Waals surface area contributed by atoms with Gasteiger partial charge < -0.3 is 11.2 Å². The third-order valence-electron chi connectivity index (χ3n) is 3.44. The van der Waals surface area contributed by atoms with Crippen molar-refractivity contribution in [3.63, 3.8) is 0 Å². The molecule has 3 rings (SSSR count). The molecule has 27 heavy (non-hydrogen) atoms. The minimum Gasteiger partial charge on any atom is -0.335 e. The number of nitrogens with two attached hydrogens (primary N) is 1. The zero-order chi connectivity index (χ0) is 19.4. The molecule has 0 saturated carbocycles. The van der Waals surface area contributed by atoms with E-state index in [0.29, 0.717) is 27.3 Å². The highest BCUT2D eigenvalue weighted by Gasteiger charge is 2.14. The lowest BCUT2D eigenvalue weighted by Crippen LogP contribution is -2.16. The summed E-state index contributed by atoms with van der Waals surface area (Å²) in [5.74, 6) is 6.17. The normalized spacial score (nSPS) is 10.6. The van der Waals surface area contributed by atoms with Crippen molar-refractivity contribution in [2.24, 2.45) is 0 Å². The summed E-state index contributed by atoms with van der Waals surface area (Å²) in [5, 5.41) is 22.2. The van der Waals surface area contributed by atoms with E-state index in [1.807, 2.05) is 0 Å². The SMILES string of the molecule is Nn1c(SCC(=O)Nc2ccc([N+](=O)[O-])cc2)nnc1-c1cccc(Cl)c1. The van der Waals surface area contributed by atoms with Gasteiger partial charge in [-0.05, 0) is 24.3 Å². The molecule has 0 atom stereocenters. The molecule has 0 radical (unpaired) electrons. The maximum atomic E-state index is 12.1. The van der Waals surface area contributed by atoms with Crippen LogP contribution in [0, 0.1) is 10.1 Å². The van der Waals surface area contributed by atoms with Crippen molar-refractivity contribution in [3.05, 3.63) is 63.7 Å². The Balaban J connectivity index is 1.61. The molecule has 11 heteroatoms. The number of anilines is 1. The monoisotopic (exact) mass is 404 g/mol. The Bertz CT molecular complexity index is 992.